The Labute approximate surface area is 192 Å². The standard InChI is InChI=1S/C22H33FNO8P/c1-8-13-15(16(23)12(4)20(26)24-13)18-19(30-7)17(25)14(31-18)11-21(5,9-2)32-33(28,29)22(6,27)10-3/h1,14,17-19,25,27H,9-11H2,2-7H3,(H,24,26)(H,28,29). The second-order valence-corrected chi connectivity index (χ2v) is 11.0. The van der Waals surface area contributed by atoms with Crippen LogP contribution in [0.5, 0.6) is 0 Å². The van der Waals surface area contributed by atoms with E-state index in [0.717, 1.165) is 0 Å². The zero-order valence-corrected chi connectivity index (χ0v) is 20.6. The van der Waals surface area contributed by atoms with Crippen molar-refractivity contribution in [3.63, 3.8) is 0 Å². The molecule has 1 aliphatic rings. The SMILES string of the molecule is C#Cc1[nH]c(=O)c(C)c(F)c1C1OC(CC(C)(CC)OP(=O)(O)C(C)(O)CC)C(O)C1OC. The molecule has 4 N–H and O–H groups in total. The van der Waals surface area contributed by atoms with Gasteiger partial charge in [0.2, 0.25) is 0 Å². The van der Waals surface area contributed by atoms with Gasteiger partial charge in [-0.2, -0.15) is 0 Å². The van der Waals surface area contributed by atoms with Gasteiger partial charge in [0, 0.05) is 13.5 Å². The van der Waals surface area contributed by atoms with Gasteiger partial charge in [-0.15, -0.1) is 6.42 Å². The third kappa shape index (κ3) is 5.25. The predicted molar refractivity (Wildman–Crippen MR) is 119 cm³/mol. The summed E-state index contributed by atoms with van der Waals surface area (Å²) in [5.74, 6) is 1.37. The van der Waals surface area contributed by atoms with Gasteiger partial charge >= 0.3 is 7.60 Å². The van der Waals surface area contributed by atoms with Crippen molar-refractivity contribution in [1.29, 1.82) is 0 Å². The van der Waals surface area contributed by atoms with Crippen molar-refractivity contribution < 1.29 is 38.1 Å². The maximum Gasteiger partial charge on any atom is 0.359 e. The minimum atomic E-state index is -4.48. The van der Waals surface area contributed by atoms with Crippen LogP contribution in [0.3, 0.4) is 0 Å². The summed E-state index contributed by atoms with van der Waals surface area (Å²) in [7, 11) is -3.16. The third-order valence-electron chi connectivity index (χ3n) is 6.46. The summed E-state index contributed by atoms with van der Waals surface area (Å²) in [6.07, 6.45) is 1.17. The number of hydrogen-bond donors (Lipinski definition) is 4. The van der Waals surface area contributed by atoms with Gasteiger partial charge in [0.05, 0.1) is 22.8 Å². The summed E-state index contributed by atoms with van der Waals surface area (Å²) >= 11 is 0. The number of rotatable bonds is 9. The van der Waals surface area contributed by atoms with Crippen LogP contribution in [0.25, 0.3) is 0 Å². The van der Waals surface area contributed by atoms with Gasteiger partial charge in [-0.05, 0) is 33.6 Å². The highest BCUT2D eigenvalue weighted by atomic mass is 31.2. The summed E-state index contributed by atoms with van der Waals surface area (Å²) in [4.78, 5) is 24.7. The van der Waals surface area contributed by atoms with E-state index in [-0.39, 0.29) is 36.1 Å². The zero-order valence-electron chi connectivity index (χ0n) is 19.7. The molecule has 1 aliphatic heterocycles. The second kappa shape index (κ2) is 9.96. The van der Waals surface area contributed by atoms with E-state index in [1.54, 1.807) is 20.8 Å². The van der Waals surface area contributed by atoms with Crippen LogP contribution in [0.4, 0.5) is 4.39 Å². The number of aliphatic hydroxyl groups excluding tert-OH is 1. The Morgan fingerprint density at radius 1 is 1.33 bits per heavy atom. The number of aliphatic hydroxyl groups is 2. The maximum absolute atomic E-state index is 15.1. The van der Waals surface area contributed by atoms with Crippen molar-refractivity contribution >= 4 is 7.60 Å². The van der Waals surface area contributed by atoms with Gasteiger partial charge in [-0.1, -0.05) is 19.8 Å². The molecule has 2 rings (SSSR count). The lowest BCUT2D eigenvalue weighted by atomic mass is 9.91. The van der Waals surface area contributed by atoms with E-state index in [2.05, 4.69) is 10.9 Å². The topological polar surface area (TPSA) is 138 Å². The molecule has 9 nitrogen and oxygen atoms in total. The molecule has 11 heteroatoms. The average molecular weight is 489 g/mol. The van der Waals surface area contributed by atoms with Gasteiger partial charge in [-0.3, -0.25) is 9.36 Å². The van der Waals surface area contributed by atoms with E-state index >= 15 is 4.39 Å². The number of ether oxygens (including phenoxy) is 2. The molecule has 0 aliphatic carbocycles. The molecule has 7 unspecified atom stereocenters. The molecule has 0 bridgehead atoms. The smallest absolute Gasteiger partial charge is 0.359 e. The molecule has 1 aromatic heterocycles. The number of hydrogen-bond acceptors (Lipinski definition) is 7. The molecule has 0 aromatic carbocycles. The van der Waals surface area contributed by atoms with Crippen LogP contribution in [0.15, 0.2) is 4.79 Å². The van der Waals surface area contributed by atoms with E-state index < -0.39 is 54.3 Å². The first-order valence-electron chi connectivity index (χ1n) is 10.7. The molecule has 0 amide bonds. The summed E-state index contributed by atoms with van der Waals surface area (Å²) in [5.41, 5.74) is -2.40. The van der Waals surface area contributed by atoms with Gasteiger partial charge in [0.1, 0.15) is 29.8 Å². The fraction of sp³-hybridized carbons (Fsp3) is 0.682. The average Bonchev–Trinajstić information content (AvgIpc) is 3.05. The molecular weight excluding hydrogens is 456 g/mol. The van der Waals surface area contributed by atoms with Gasteiger partial charge < -0.3 is 34.1 Å². The lowest BCUT2D eigenvalue weighted by molar-refractivity contribution is -0.0536. The molecule has 1 aromatic rings. The first kappa shape index (κ1) is 27.7. The van der Waals surface area contributed by atoms with Crippen LogP contribution in [0.2, 0.25) is 0 Å². The van der Waals surface area contributed by atoms with Crippen molar-refractivity contribution in [1.82, 2.24) is 4.98 Å². The van der Waals surface area contributed by atoms with E-state index in [4.69, 9.17) is 20.4 Å². The molecule has 1 saturated heterocycles. The molecule has 7 atom stereocenters. The number of aromatic nitrogens is 1. The Kier molecular flexibility index (Phi) is 8.36. The molecule has 0 saturated carbocycles. The normalized spacial score (nSPS) is 28.5. The fourth-order valence-corrected chi connectivity index (χ4v) is 5.13. The quantitative estimate of drug-likeness (QED) is 0.307. The van der Waals surface area contributed by atoms with Crippen molar-refractivity contribution in [2.24, 2.45) is 0 Å². The highest BCUT2D eigenvalue weighted by Crippen LogP contribution is 2.59. The summed E-state index contributed by atoms with van der Waals surface area (Å²) in [5, 5.41) is 19.2. The van der Waals surface area contributed by atoms with Crippen LogP contribution < -0.4 is 5.56 Å². The molecule has 186 valence electrons. The van der Waals surface area contributed by atoms with Crippen LogP contribution in [-0.4, -0.2) is 56.5 Å². The summed E-state index contributed by atoms with van der Waals surface area (Å²) in [6, 6.07) is 0. The van der Waals surface area contributed by atoms with Crippen LogP contribution in [-0.2, 0) is 18.6 Å². The van der Waals surface area contributed by atoms with Crippen molar-refractivity contribution in [3.8, 4) is 12.3 Å². The first-order chi connectivity index (χ1) is 15.2. The number of nitrogens with one attached hydrogen (secondary N) is 1. The van der Waals surface area contributed by atoms with Crippen molar-refractivity contribution in [3.05, 3.63) is 33.0 Å². The molecule has 33 heavy (non-hydrogen) atoms. The van der Waals surface area contributed by atoms with Crippen molar-refractivity contribution in [2.75, 3.05) is 7.11 Å². The maximum atomic E-state index is 15.1. The highest BCUT2D eigenvalue weighted by Gasteiger charge is 2.51. The Balaban J connectivity index is 2.42. The molecule has 0 spiro atoms. The molecule has 0 radical (unpaired) electrons. The van der Waals surface area contributed by atoms with Gasteiger partial charge in [-0.25, -0.2) is 4.39 Å². The molecular formula is C22H33FNO8P. The summed E-state index contributed by atoms with van der Waals surface area (Å²) < 4.78 is 44.7. The van der Waals surface area contributed by atoms with Gasteiger partial charge in [0.15, 0.2) is 5.34 Å². The number of aromatic amines is 1. The highest BCUT2D eigenvalue weighted by molar-refractivity contribution is 7.54. The van der Waals surface area contributed by atoms with Crippen LogP contribution in [0.1, 0.15) is 69.9 Å². The zero-order chi connectivity index (χ0) is 25.4. The van der Waals surface area contributed by atoms with Crippen LogP contribution in [0, 0.1) is 25.1 Å². The van der Waals surface area contributed by atoms with Crippen LogP contribution >= 0.6 is 7.60 Å². The van der Waals surface area contributed by atoms with E-state index in [0.29, 0.717) is 0 Å². The van der Waals surface area contributed by atoms with Gasteiger partial charge in [0.25, 0.3) is 5.56 Å². The molecule has 1 fully saturated rings. The fourth-order valence-electron chi connectivity index (χ4n) is 3.74. The third-order valence-corrected chi connectivity index (χ3v) is 8.68. The van der Waals surface area contributed by atoms with E-state index in [1.165, 1.54) is 21.0 Å². The first-order valence-corrected chi connectivity index (χ1v) is 12.3. The Bertz CT molecular complexity index is 1020. The lowest BCUT2D eigenvalue weighted by Gasteiger charge is -2.37. The predicted octanol–water partition coefficient (Wildman–Crippen LogP) is 2.50. The second-order valence-electron chi connectivity index (χ2n) is 8.80. The Morgan fingerprint density at radius 2 is 1.94 bits per heavy atom. The minimum Gasteiger partial charge on any atom is -0.388 e. The lowest BCUT2D eigenvalue weighted by Crippen LogP contribution is -2.40. The number of methoxy groups -OCH3 is 1. The largest absolute Gasteiger partial charge is 0.388 e. The number of halogens is 1. The van der Waals surface area contributed by atoms with Crippen molar-refractivity contribution in [2.45, 2.75) is 89.2 Å². The Morgan fingerprint density at radius 3 is 2.42 bits per heavy atom. The number of pyridine rings is 1. The molecule has 2 heterocycles. The monoisotopic (exact) mass is 489 g/mol. The summed E-state index contributed by atoms with van der Waals surface area (Å²) in [6.45, 7) is 7.34. The minimum absolute atomic E-state index is 0.0172. The van der Waals surface area contributed by atoms with E-state index in [9.17, 15) is 24.5 Å². The number of H-pyrrole nitrogens is 1. The number of terminal acetylenes is 1. The Hall–Kier alpha value is -1.57. The van der Waals surface area contributed by atoms with E-state index in [1.807, 2.05) is 0 Å².